The van der Waals surface area contributed by atoms with Crippen LogP contribution in [0.25, 0.3) is 0 Å². The Morgan fingerprint density at radius 1 is 0.938 bits per heavy atom. The molecule has 0 atom stereocenters. The summed E-state index contributed by atoms with van der Waals surface area (Å²) in [4.78, 5) is 10.2. The van der Waals surface area contributed by atoms with E-state index in [4.69, 9.17) is 5.11 Å². The molecule has 0 spiro atoms. The summed E-state index contributed by atoms with van der Waals surface area (Å²) in [5, 5.41) is 8.39. The van der Waals surface area contributed by atoms with Crippen LogP contribution in [0.5, 0.6) is 0 Å². The van der Waals surface area contributed by atoms with Crippen LogP contribution in [0.4, 0.5) is 0 Å². The van der Waals surface area contributed by atoms with Gasteiger partial charge in [0.05, 0.1) is 0 Å². The molecule has 0 saturated heterocycles. The average Bonchev–Trinajstić information content (AvgIpc) is 2.24. The smallest absolute Gasteiger partial charge is 0.303 e. The largest absolute Gasteiger partial charge is 0.481 e. The fourth-order valence-corrected chi connectivity index (χ4v) is 1.41. The van der Waals surface area contributed by atoms with Crippen LogP contribution in [0.15, 0.2) is 13.2 Å². The molecule has 0 unspecified atom stereocenters. The summed E-state index contributed by atoms with van der Waals surface area (Å²) < 4.78 is 0. The molecule has 0 heterocycles. The minimum atomic E-state index is -0.661. The Balaban J connectivity index is -0.000000529. The lowest BCUT2D eigenvalue weighted by molar-refractivity contribution is -0.137. The highest BCUT2D eigenvalue weighted by Gasteiger charge is 1.95. The van der Waals surface area contributed by atoms with Crippen molar-refractivity contribution in [3.05, 3.63) is 13.2 Å². The highest BCUT2D eigenvalue weighted by Crippen LogP contribution is 2.09. The zero-order chi connectivity index (χ0) is 11.9. The molecule has 0 aromatic heterocycles. The fourth-order valence-electron chi connectivity index (χ4n) is 1.41. The standard InChI is InChI=1S/C11H22O2.C2H4.H3N/c1-2-3-4-5-6-7-8-9-10-11(12)13;1-2;/h2-10H2,1H3,(H,12,13);1-2H2;1H3. The highest BCUT2D eigenvalue weighted by molar-refractivity contribution is 5.66. The number of carbonyl (C=O) groups is 1. The molecule has 3 nitrogen and oxygen atoms in total. The Bertz CT molecular complexity index is 138. The number of aliphatic carboxylic acids is 1. The molecule has 0 rings (SSSR count). The third-order valence-electron chi connectivity index (χ3n) is 2.24. The molecule has 0 saturated carbocycles. The lowest BCUT2D eigenvalue weighted by atomic mass is 10.1. The number of hydrogen-bond acceptors (Lipinski definition) is 2. The van der Waals surface area contributed by atoms with Gasteiger partial charge < -0.3 is 11.3 Å². The van der Waals surface area contributed by atoms with Crippen LogP contribution in [0.3, 0.4) is 0 Å². The number of unbranched alkanes of at least 4 members (excludes halogenated alkanes) is 7. The lowest BCUT2D eigenvalue weighted by Crippen LogP contribution is -1.93. The van der Waals surface area contributed by atoms with Crippen molar-refractivity contribution in [2.45, 2.75) is 64.7 Å². The maximum Gasteiger partial charge on any atom is 0.303 e. The molecule has 0 bridgehead atoms. The van der Waals surface area contributed by atoms with Gasteiger partial charge in [-0.2, -0.15) is 0 Å². The first-order valence-corrected chi connectivity index (χ1v) is 5.99. The van der Waals surface area contributed by atoms with Crippen LogP contribution >= 0.6 is 0 Å². The summed E-state index contributed by atoms with van der Waals surface area (Å²) in [5.41, 5.74) is 0. The van der Waals surface area contributed by atoms with E-state index < -0.39 is 5.97 Å². The minimum Gasteiger partial charge on any atom is -0.481 e. The van der Waals surface area contributed by atoms with Crippen molar-refractivity contribution in [3.63, 3.8) is 0 Å². The normalized spacial score (nSPS) is 8.56. The Kier molecular flexibility index (Phi) is 25.3. The van der Waals surface area contributed by atoms with Crippen molar-refractivity contribution in [1.29, 1.82) is 0 Å². The predicted molar refractivity (Wildman–Crippen MR) is 71.1 cm³/mol. The Morgan fingerprint density at radius 2 is 1.31 bits per heavy atom. The van der Waals surface area contributed by atoms with E-state index in [-0.39, 0.29) is 6.15 Å². The van der Waals surface area contributed by atoms with E-state index >= 15 is 0 Å². The van der Waals surface area contributed by atoms with Gasteiger partial charge in [-0.25, -0.2) is 0 Å². The molecule has 0 aliphatic heterocycles. The molecule has 3 heteroatoms. The zero-order valence-corrected chi connectivity index (χ0v) is 10.8. The molecule has 0 fully saturated rings. The van der Waals surface area contributed by atoms with E-state index in [1.54, 1.807) is 0 Å². The van der Waals surface area contributed by atoms with Gasteiger partial charge in [0.25, 0.3) is 0 Å². The van der Waals surface area contributed by atoms with Crippen LogP contribution in [0.1, 0.15) is 64.7 Å². The fraction of sp³-hybridized carbons (Fsp3) is 0.769. The lowest BCUT2D eigenvalue weighted by Gasteiger charge is -1.99. The van der Waals surface area contributed by atoms with Crippen LogP contribution in [-0.2, 0) is 4.79 Å². The molecule has 0 aliphatic rings. The number of hydrogen-bond donors (Lipinski definition) is 2. The molecule has 16 heavy (non-hydrogen) atoms. The van der Waals surface area contributed by atoms with Crippen molar-refractivity contribution in [2.75, 3.05) is 0 Å². The molecular weight excluding hydrogens is 202 g/mol. The second-order valence-corrected chi connectivity index (χ2v) is 3.62. The van der Waals surface area contributed by atoms with Gasteiger partial charge in [0.2, 0.25) is 0 Å². The van der Waals surface area contributed by atoms with Gasteiger partial charge >= 0.3 is 5.97 Å². The average molecular weight is 231 g/mol. The molecule has 0 aromatic rings. The first kappa shape index (κ1) is 20.6. The van der Waals surface area contributed by atoms with Crippen LogP contribution in [-0.4, -0.2) is 11.1 Å². The zero-order valence-electron chi connectivity index (χ0n) is 10.8. The third kappa shape index (κ3) is 23.2. The third-order valence-corrected chi connectivity index (χ3v) is 2.24. The summed E-state index contributed by atoms with van der Waals surface area (Å²) in [6.45, 7) is 8.22. The molecule has 98 valence electrons. The summed E-state index contributed by atoms with van der Waals surface area (Å²) in [6, 6.07) is 0. The monoisotopic (exact) mass is 231 g/mol. The van der Waals surface area contributed by atoms with Crippen LogP contribution < -0.4 is 6.15 Å². The SMILES string of the molecule is C=C.CCCCCCCCCCC(=O)O.N. The first-order valence-electron chi connectivity index (χ1n) is 5.99. The summed E-state index contributed by atoms with van der Waals surface area (Å²) >= 11 is 0. The summed E-state index contributed by atoms with van der Waals surface area (Å²) in [6.07, 6.45) is 10.1. The van der Waals surface area contributed by atoms with Gasteiger partial charge in [-0.05, 0) is 6.42 Å². The van der Waals surface area contributed by atoms with Gasteiger partial charge in [-0.3, -0.25) is 4.79 Å². The molecule has 4 N–H and O–H groups in total. The Morgan fingerprint density at radius 3 is 1.69 bits per heavy atom. The highest BCUT2D eigenvalue weighted by atomic mass is 16.4. The second-order valence-electron chi connectivity index (χ2n) is 3.62. The van der Waals surface area contributed by atoms with Crippen LogP contribution in [0, 0.1) is 0 Å². The van der Waals surface area contributed by atoms with E-state index in [0.717, 1.165) is 12.8 Å². The van der Waals surface area contributed by atoms with E-state index in [1.807, 2.05) is 0 Å². The van der Waals surface area contributed by atoms with E-state index in [1.165, 1.54) is 38.5 Å². The van der Waals surface area contributed by atoms with Crippen molar-refractivity contribution in [2.24, 2.45) is 0 Å². The molecule has 0 radical (unpaired) electrons. The summed E-state index contributed by atoms with van der Waals surface area (Å²) in [7, 11) is 0. The van der Waals surface area contributed by atoms with Gasteiger partial charge in [0, 0.05) is 6.42 Å². The van der Waals surface area contributed by atoms with Gasteiger partial charge in [-0.15, -0.1) is 13.2 Å². The quantitative estimate of drug-likeness (QED) is 0.451. The minimum absolute atomic E-state index is 0. The number of carboxylic acids is 1. The van der Waals surface area contributed by atoms with Gasteiger partial charge in [0.1, 0.15) is 0 Å². The summed E-state index contributed by atoms with van der Waals surface area (Å²) in [5.74, 6) is -0.661. The molecule has 0 aliphatic carbocycles. The maximum atomic E-state index is 10.2. The van der Waals surface area contributed by atoms with E-state index in [0.29, 0.717) is 6.42 Å². The van der Waals surface area contributed by atoms with Gasteiger partial charge in [-0.1, -0.05) is 51.9 Å². The number of carboxylic acid groups (broad SMARTS) is 1. The molecule has 0 amide bonds. The second kappa shape index (κ2) is 19.7. The Labute approximate surface area is 101 Å². The van der Waals surface area contributed by atoms with E-state index in [9.17, 15) is 4.79 Å². The van der Waals surface area contributed by atoms with E-state index in [2.05, 4.69) is 20.1 Å². The van der Waals surface area contributed by atoms with Crippen LogP contribution in [0.2, 0.25) is 0 Å². The van der Waals surface area contributed by atoms with Crippen molar-refractivity contribution >= 4 is 5.97 Å². The first-order chi connectivity index (χ1) is 7.27. The molecule has 0 aromatic carbocycles. The topological polar surface area (TPSA) is 72.3 Å². The Hall–Kier alpha value is -0.830. The predicted octanol–water partition coefficient (Wildman–Crippen LogP) is 4.57. The van der Waals surface area contributed by atoms with Crippen molar-refractivity contribution in [3.8, 4) is 0 Å². The number of rotatable bonds is 9. The maximum absolute atomic E-state index is 10.2. The van der Waals surface area contributed by atoms with Crippen molar-refractivity contribution < 1.29 is 9.90 Å². The molecular formula is C13H29NO2. The van der Waals surface area contributed by atoms with Gasteiger partial charge in [0.15, 0.2) is 0 Å². The van der Waals surface area contributed by atoms with Crippen molar-refractivity contribution in [1.82, 2.24) is 6.15 Å².